The predicted octanol–water partition coefficient (Wildman–Crippen LogP) is 14.4. The van der Waals surface area contributed by atoms with Gasteiger partial charge in [-0.2, -0.15) is 0 Å². The van der Waals surface area contributed by atoms with Crippen LogP contribution in [0.15, 0.2) is 197 Å². The van der Waals surface area contributed by atoms with Gasteiger partial charge in [0.15, 0.2) is 0 Å². The molecule has 0 aliphatic rings. The van der Waals surface area contributed by atoms with Gasteiger partial charge in [-0.3, -0.25) is 4.98 Å². The van der Waals surface area contributed by atoms with Gasteiger partial charge >= 0.3 is 0 Å². The fourth-order valence-corrected chi connectivity index (χ4v) is 9.33. The smallest absolute Gasteiger partial charge is 0.135 e. The molecule has 270 valence electrons. The highest BCUT2D eigenvalue weighted by Crippen LogP contribution is 2.39. The predicted molar refractivity (Wildman–Crippen MR) is 238 cm³/mol. The Balaban J connectivity index is 0.909. The molecular formula is C53H31N3O2. The Labute approximate surface area is 331 Å². The number of aromatic nitrogens is 3. The molecule has 0 atom stereocenters. The lowest BCUT2D eigenvalue weighted by Gasteiger charge is -2.08. The normalized spacial score (nSPS) is 12.1. The fraction of sp³-hybridized carbons (Fsp3) is 0. The summed E-state index contributed by atoms with van der Waals surface area (Å²) < 4.78 is 17.5. The SMILES string of the molecule is c1ccc2c(c1)c1ccccc1n2-c1ccc2oc3ccc(-c4cncc(-c5ccc6oc7ccc(-n8c9ccccc9c9ccccc98)cc7c6c5)c4)cc3c2c1. The molecule has 5 heterocycles. The second kappa shape index (κ2) is 11.8. The van der Waals surface area contributed by atoms with Crippen LogP contribution in [0, 0.1) is 0 Å². The first kappa shape index (κ1) is 31.3. The van der Waals surface area contributed by atoms with Crippen molar-refractivity contribution < 1.29 is 8.83 Å². The molecule has 0 saturated heterocycles. The van der Waals surface area contributed by atoms with Gasteiger partial charge in [0, 0.05) is 78.0 Å². The molecule has 8 aromatic carbocycles. The lowest BCUT2D eigenvalue weighted by atomic mass is 9.99. The molecule has 0 amide bonds. The largest absolute Gasteiger partial charge is 0.456 e. The maximum Gasteiger partial charge on any atom is 0.135 e. The molecule has 5 nitrogen and oxygen atoms in total. The summed E-state index contributed by atoms with van der Waals surface area (Å²) in [5.74, 6) is 0. The number of pyridine rings is 1. The molecule has 0 saturated carbocycles. The molecule has 0 aliphatic heterocycles. The third-order valence-corrected chi connectivity index (χ3v) is 12.0. The minimum absolute atomic E-state index is 0.861. The molecule has 58 heavy (non-hydrogen) atoms. The van der Waals surface area contributed by atoms with E-state index in [4.69, 9.17) is 13.8 Å². The number of hydrogen-bond acceptors (Lipinski definition) is 3. The van der Waals surface area contributed by atoms with E-state index in [9.17, 15) is 0 Å². The van der Waals surface area contributed by atoms with Crippen molar-refractivity contribution in [3.05, 3.63) is 188 Å². The standard InChI is InChI=1S/C53H31N3O2/c1-5-13-46-38(9-1)39-10-2-6-14-47(39)55(46)36-19-23-52-44(28-36)42-26-32(17-21-50(42)57-52)34-25-35(31-54-30-34)33-18-22-51-43(27-33)45-29-37(20-24-53(45)58-51)56-48-15-7-3-11-40(48)41-12-4-8-16-49(41)56/h1-31H. The zero-order valence-electron chi connectivity index (χ0n) is 31.1. The topological polar surface area (TPSA) is 49.0 Å². The molecule has 13 aromatic rings. The van der Waals surface area contributed by atoms with Gasteiger partial charge in [0.2, 0.25) is 0 Å². The fourth-order valence-electron chi connectivity index (χ4n) is 9.33. The zero-order chi connectivity index (χ0) is 37.9. The quantitative estimate of drug-likeness (QED) is 0.180. The Hall–Kier alpha value is -7.89. The van der Waals surface area contributed by atoms with E-state index < -0.39 is 0 Å². The van der Waals surface area contributed by atoms with Gasteiger partial charge in [-0.15, -0.1) is 0 Å². The number of nitrogens with zero attached hydrogens (tertiary/aromatic N) is 3. The van der Waals surface area contributed by atoms with Crippen LogP contribution >= 0.6 is 0 Å². The summed E-state index contributed by atoms with van der Waals surface area (Å²) in [6.45, 7) is 0. The summed E-state index contributed by atoms with van der Waals surface area (Å²) in [5.41, 5.74) is 14.6. The van der Waals surface area contributed by atoms with Crippen LogP contribution in [0.3, 0.4) is 0 Å². The van der Waals surface area contributed by atoms with Crippen LogP contribution in [-0.2, 0) is 0 Å². The van der Waals surface area contributed by atoms with Crippen molar-refractivity contribution in [2.45, 2.75) is 0 Å². The number of fused-ring (bicyclic) bond motifs is 12. The van der Waals surface area contributed by atoms with Crippen LogP contribution < -0.4 is 0 Å². The first-order valence-corrected chi connectivity index (χ1v) is 19.6. The van der Waals surface area contributed by atoms with Gasteiger partial charge in [0.05, 0.1) is 22.1 Å². The minimum Gasteiger partial charge on any atom is -0.456 e. The van der Waals surface area contributed by atoms with Crippen LogP contribution in [0.5, 0.6) is 0 Å². The molecular weight excluding hydrogens is 711 g/mol. The number of hydrogen-bond donors (Lipinski definition) is 0. The Morgan fingerprint density at radius 1 is 0.293 bits per heavy atom. The van der Waals surface area contributed by atoms with Gasteiger partial charge in [0.1, 0.15) is 22.3 Å². The average molecular weight is 742 g/mol. The lowest BCUT2D eigenvalue weighted by molar-refractivity contribution is 0.668. The second-order valence-electron chi connectivity index (χ2n) is 15.2. The van der Waals surface area contributed by atoms with E-state index in [1.165, 1.54) is 43.6 Å². The van der Waals surface area contributed by atoms with E-state index in [0.717, 1.165) is 77.5 Å². The summed E-state index contributed by atoms with van der Waals surface area (Å²) in [6.07, 6.45) is 3.89. The van der Waals surface area contributed by atoms with Crippen molar-refractivity contribution in [3.8, 4) is 33.6 Å². The summed E-state index contributed by atoms with van der Waals surface area (Å²) in [4.78, 5) is 4.76. The molecule has 0 radical (unpaired) electrons. The van der Waals surface area contributed by atoms with Gasteiger partial charge in [-0.25, -0.2) is 0 Å². The van der Waals surface area contributed by atoms with Crippen LogP contribution in [-0.4, -0.2) is 14.1 Å². The van der Waals surface area contributed by atoms with E-state index in [1.54, 1.807) is 0 Å². The molecule has 5 aromatic heterocycles. The Morgan fingerprint density at radius 2 is 0.638 bits per heavy atom. The van der Waals surface area contributed by atoms with Crippen molar-refractivity contribution in [3.63, 3.8) is 0 Å². The number of rotatable bonds is 4. The summed E-state index contributed by atoms with van der Waals surface area (Å²) in [6, 6.07) is 62.6. The van der Waals surface area contributed by atoms with E-state index in [-0.39, 0.29) is 0 Å². The molecule has 0 fully saturated rings. The van der Waals surface area contributed by atoms with Crippen molar-refractivity contribution in [1.29, 1.82) is 0 Å². The van der Waals surface area contributed by atoms with Gasteiger partial charge in [0.25, 0.3) is 0 Å². The highest BCUT2D eigenvalue weighted by Gasteiger charge is 2.17. The maximum absolute atomic E-state index is 6.39. The van der Waals surface area contributed by atoms with Crippen LogP contribution in [0.25, 0.3) is 121 Å². The third-order valence-electron chi connectivity index (χ3n) is 12.0. The van der Waals surface area contributed by atoms with Crippen molar-refractivity contribution in [1.82, 2.24) is 14.1 Å². The van der Waals surface area contributed by atoms with Gasteiger partial charge < -0.3 is 18.0 Å². The molecule has 0 N–H and O–H groups in total. The van der Waals surface area contributed by atoms with Gasteiger partial charge in [-0.05, 0) is 102 Å². The summed E-state index contributed by atoms with van der Waals surface area (Å²) in [7, 11) is 0. The average Bonchev–Trinajstić information content (AvgIpc) is 4.03. The van der Waals surface area contributed by atoms with Crippen LogP contribution in [0.4, 0.5) is 0 Å². The third kappa shape index (κ3) is 4.50. The number of benzene rings is 8. The molecule has 0 bridgehead atoms. The van der Waals surface area contributed by atoms with E-state index in [0.29, 0.717) is 0 Å². The molecule has 0 aliphatic carbocycles. The number of para-hydroxylation sites is 4. The lowest BCUT2D eigenvalue weighted by Crippen LogP contribution is -1.93. The molecule has 13 rings (SSSR count). The second-order valence-corrected chi connectivity index (χ2v) is 15.2. The van der Waals surface area contributed by atoms with Crippen molar-refractivity contribution >= 4 is 87.5 Å². The van der Waals surface area contributed by atoms with Crippen molar-refractivity contribution in [2.75, 3.05) is 0 Å². The molecule has 0 spiro atoms. The van der Waals surface area contributed by atoms with E-state index in [2.05, 4.69) is 185 Å². The minimum atomic E-state index is 0.861. The highest BCUT2D eigenvalue weighted by molar-refractivity contribution is 6.12. The first-order valence-electron chi connectivity index (χ1n) is 19.6. The van der Waals surface area contributed by atoms with Crippen LogP contribution in [0.1, 0.15) is 0 Å². The van der Waals surface area contributed by atoms with E-state index >= 15 is 0 Å². The Bertz CT molecular complexity index is 3470. The zero-order valence-corrected chi connectivity index (χ0v) is 31.1. The summed E-state index contributed by atoms with van der Waals surface area (Å²) in [5, 5.41) is 9.29. The maximum atomic E-state index is 6.39. The monoisotopic (exact) mass is 741 g/mol. The van der Waals surface area contributed by atoms with Crippen molar-refractivity contribution in [2.24, 2.45) is 0 Å². The molecule has 0 unspecified atom stereocenters. The summed E-state index contributed by atoms with van der Waals surface area (Å²) >= 11 is 0. The Kier molecular flexibility index (Phi) is 6.38. The van der Waals surface area contributed by atoms with E-state index in [1.807, 2.05) is 12.4 Å². The van der Waals surface area contributed by atoms with Gasteiger partial charge in [-0.1, -0.05) is 84.9 Å². The van der Waals surface area contributed by atoms with Crippen LogP contribution in [0.2, 0.25) is 0 Å². The Morgan fingerprint density at radius 3 is 1.03 bits per heavy atom. The number of furan rings is 2. The molecule has 5 heteroatoms. The highest BCUT2D eigenvalue weighted by atomic mass is 16.3. The first-order chi connectivity index (χ1) is 28.7.